The Kier molecular flexibility index (Phi) is 9.50. The predicted octanol–water partition coefficient (Wildman–Crippen LogP) is 1.77. The van der Waals surface area contributed by atoms with Crippen LogP contribution in [0, 0.1) is 0 Å². The van der Waals surface area contributed by atoms with Crippen molar-refractivity contribution in [1.29, 1.82) is 0 Å². The lowest BCUT2D eigenvalue weighted by Crippen LogP contribution is -2.47. The van der Waals surface area contributed by atoms with Crippen molar-refractivity contribution >= 4 is 16.8 Å². The zero-order valence-electron chi connectivity index (χ0n) is 17.6. The molecule has 1 aliphatic heterocycles. The summed E-state index contributed by atoms with van der Waals surface area (Å²) in [5, 5.41) is 7.38. The van der Waals surface area contributed by atoms with Gasteiger partial charge in [-0.2, -0.15) is 0 Å². The van der Waals surface area contributed by atoms with Crippen LogP contribution < -0.4 is 10.6 Å². The minimum absolute atomic E-state index is 0.309. The molecule has 3 rings (SSSR count). The topological polar surface area (TPSA) is 79.1 Å². The first-order valence-corrected chi connectivity index (χ1v) is 12.4. The maximum absolute atomic E-state index is 12.3. The second-order valence-electron chi connectivity index (χ2n) is 7.74. The smallest absolute Gasteiger partial charge is 0.191 e. The summed E-state index contributed by atoms with van der Waals surface area (Å²) in [4.78, 5) is 7.22. The quantitative estimate of drug-likeness (QED) is 0.465. The van der Waals surface area contributed by atoms with E-state index in [-0.39, 0.29) is 0 Å². The van der Waals surface area contributed by atoms with Gasteiger partial charge in [0.1, 0.15) is 5.76 Å². The molecule has 2 fully saturated rings. The van der Waals surface area contributed by atoms with E-state index in [4.69, 9.17) is 14.1 Å². The fourth-order valence-electron chi connectivity index (χ4n) is 3.98. The number of ether oxygens (including phenoxy) is 1. The van der Waals surface area contributed by atoms with Gasteiger partial charge in [0.2, 0.25) is 0 Å². The maximum Gasteiger partial charge on any atom is 0.191 e. The number of hydrogen-bond donors (Lipinski definition) is 2. The van der Waals surface area contributed by atoms with E-state index in [2.05, 4.69) is 15.5 Å². The molecule has 0 spiro atoms. The molecule has 0 aromatic carbocycles. The van der Waals surface area contributed by atoms with Gasteiger partial charge in [0.05, 0.1) is 26.0 Å². The zero-order chi connectivity index (χ0) is 20.3. The van der Waals surface area contributed by atoms with E-state index in [9.17, 15) is 4.21 Å². The Hall–Kier alpha value is -1.38. The van der Waals surface area contributed by atoms with Gasteiger partial charge in [-0.15, -0.1) is 0 Å². The average molecular weight is 425 g/mol. The molecule has 1 aromatic heterocycles. The number of guanidine groups is 1. The predicted molar refractivity (Wildman–Crippen MR) is 118 cm³/mol. The molecule has 29 heavy (non-hydrogen) atoms. The summed E-state index contributed by atoms with van der Waals surface area (Å²) in [6, 6.07) is 4.25. The fourth-order valence-corrected chi connectivity index (χ4v) is 5.33. The van der Waals surface area contributed by atoms with Crippen molar-refractivity contribution in [2.75, 3.05) is 51.7 Å². The van der Waals surface area contributed by atoms with Crippen molar-refractivity contribution in [2.24, 2.45) is 4.99 Å². The lowest BCUT2D eigenvalue weighted by molar-refractivity contribution is 0.0394. The molecule has 0 radical (unpaired) electrons. The molecule has 1 saturated carbocycles. The standard InChI is InChI=1S/C21H36N4O3S/c1-2-29(26)20-7-3-5-18(17-20)24-21(22-9-8-19-6-4-14-28-19)23-10-11-25-12-15-27-16-13-25/h4,6,14,18,20H,2-3,5,7-13,15-17H2,1H3,(H2,22,23,24). The van der Waals surface area contributed by atoms with E-state index in [0.29, 0.717) is 11.3 Å². The number of hydrogen-bond acceptors (Lipinski definition) is 5. The molecule has 2 aliphatic rings. The van der Waals surface area contributed by atoms with Crippen LogP contribution in [0.1, 0.15) is 38.4 Å². The molecule has 1 aromatic rings. The molecule has 164 valence electrons. The normalized spacial score (nSPS) is 24.9. The van der Waals surface area contributed by atoms with Crippen molar-refractivity contribution in [3.05, 3.63) is 24.2 Å². The van der Waals surface area contributed by atoms with Crippen LogP contribution in [0.25, 0.3) is 0 Å². The summed E-state index contributed by atoms with van der Waals surface area (Å²) in [6.07, 6.45) is 6.81. The Morgan fingerprint density at radius 3 is 2.97 bits per heavy atom. The van der Waals surface area contributed by atoms with Gasteiger partial charge in [-0.3, -0.25) is 14.1 Å². The number of aliphatic imine (C=N–C) groups is 1. The highest BCUT2D eigenvalue weighted by Gasteiger charge is 2.26. The van der Waals surface area contributed by atoms with Crippen molar-refractivity contribution in [3.8, 4) is 0 Å². The minimum Gasteiger partial charge on any atom is -0.469 e. The molecule has 3 atom stereocenters. The molecule has 0 amide bonds. The van der Waals surface area contributed by atoms with Gasteiger partial charge in [-0.25, -0.2) is 0 Å². The molecule has 7 nitrogen and oxygen atoms in total. The van der Waals surface area contributed by atoms with Crippen LogP contribution in [0.5, 0.6) is 0 Å². The largest absolute Gasteiger partial charge is 0.469 e. The maximum atomic E-state index is 12.3. The van der Waals surface area contributed by atoms with E-state index in [1.807, 2.05) is 19.1 Å². The van der Waals surface area contributed by atoms with Crippen molar-refractivity contribution in [1.82, 2.24) is 15.5 Å². The van der Waals surface area contributed by atoms with E-state index in [0.717, 1.165) is 95.5 Å². The van der Waals surface area contributed by atoms with Gasteiger partial charge in [-0.1, -0.05) is 13.3 Å². The van der Waals surface area contributed by atoms with Crippen LogP contribution >= 0.6 is 0 Å². The fraction of sp³-hybridized carbons (Fsp3) is 0.762. The number of nitrogens with one attached hydrogen (secondary N) is 2. The summed E-state index contributed by atoms with van der Waals surface area (Å²) >= 11 is 0. The molecule has 2 N–H and O–H groups in total. The second kappa shape index (κ2) is 12.3. The van der Waals surface area contributed by atoms with E-state index >= 15 is 0 Å². The van der Waals surface area contributed by atoms with Crippen LogP contribution in [-0.4, -0.2) is 78.1 Å². The molecule has 1 aliphatic carbocycles. The summed E-state index contributed by atoms with van der Waals surface area (Å²) in [5.41, 5.74) is 0. The molecule has 3 unspecified atom stereocenters. The molecular weight excluding hydrogens is 388 g/mol. The van der Waals surface area contributed by atoms with E-state index in [1.165, 1.54) is 0 Å². The van der Waals surface area contributed by atoms with Gasteiger partial charge in [0, 0.05) is 60.4 Å². The van der Waals surface area contributed by atoms with Crippen LogP contribution in [0.2, 0.25) is 0 Å². The van der Waals surface area contributed by atoms with Gasteiger partial charge in [0.15, 0.2) is 5.96 Å². The molecule has 0 bridgehead atoms. The first-order chi connectivity index (χ1) is 14.2. The Balaban J connectivity index is 1.52. The Morgan fingerprint density at radius 2 is 2.21 bits per heavy atom. The lowest BCUT2D eigenvalue weighted by Gasteiger charge is -2.30. The Bertz CT molecular complexity index is 632. The number of nitrogens with zero attached hydrogens (tertiary/aromatic N) is 2. The van der Waals surface area contributed by atoms with E-state index < -0.39 is 10.8 Å². The lowest BCUT2D eigenvalue weighted by atomic mass is 9.95. The average Bonchev–Trinajstić information content (AvgIpc) is 3.27. The first-order valence-electron chi connectivity index (χ1n) is 11.0. The van der Waals surface area contributed by atoms with Crippen LogP contribution in [0.3, 0.4) is 0 Å². The number of morpholine rings is 1. The third-order valence-corrected chi connectivity index (χ3v) is 7.40. The van der Waals surface area contributed by atoms with Crippen molar-refractivity contribution < 1.29 is 13.4 Å². The molecule has 8 heteroatoms. The van der Waals surface area contributed by atoms with E-state index in [1.54, 1.807) is 6.26 Å². The van der Waals surface area contributed by atoms with Crippen molar-refractivity contribution in [2.45, 2.75) is 50.3 Å². The van der Waals surface area contributed by atoms with Crippen LogP contribution in [0.4, 0.5) is 0 Å². The third kappa shape index (κ3) is 7.75. The van der Waals surface area contributed by atoms with Gasteiger partial charge >= 0.3 is 0 Å². The van der Waals surface area contributed by atoms with Crippen molar-refractivity contribution in [3.63, 3.8) is 0 Å². The summed E-state index contributed by atoms with van der Waals surface area (Å²) in [7, 11) is -0.715. The SMILES string of the molecule is CCS(=O)C1CCCC(NC(=NCCN2CCOCC2)NCCc2ccco2)C1. The number of furan rings is 1. The van der Waals surface area contributed by atoms with Crippen LogP contribution in [-0.2, 0) is 22.0 Å². The Morgan fingerprint density at radius 1 is 1.34 bits per heavy atom. The third-order valence-electron chi connectivity index (χ3n) is 5.66. The van der Waals surface area contributed by atoms with Gasteiger partial charge in [0.25, 0.3) is 0 Å². The highest BCUT2D eigenvalue weighted by atomic mass is 32.2. The van der Waals surface area contributed by atoms with Gasteiger partial charge in [-0.05, 0) is 31.4 Å². The summed E-state index contributed by atoms with van der Waals surface area (Å²) in [5.74, 6) is 2.58. The molecule has 1 saturated heterocycles. The second-order valence-corrected chi connectivity index (χ2v) is 9.75. The minimum atomic E-state index is -0.715. The zero-order valence-corrected chi connectivity index (χ0v) is 18.4. The summed E-state index contributed by atoms with van der Waals surface area (Å²) < 4.78 is 23.1. The molecular formula is C21H36N4O3S. The summed E-state index contributed by atoms with van der Waals surface area (Å²) in [6.45, 7) is 8.08. The number of rotatable bonds is 9. The first kappa shape index (κ1) is 22.3. The van der Waals surface area contributed by atoms with Crippen LogP contribution in [0.15, 0.2) is 27.8 Å². The monoisotopic (exact) mass is 424 g/mol. The highest BCUT2D eigenvalue weighted by molar-refractivity contribution is 7.85. The Labute approximate surface area is 177 Å². The molecule has 2 heterocycles. The highest BCUT2D eigenvalue weighted by Crippen LogP contribution is 2.23. The van der Waals surface area contributed by atoms with Gasteiger partial charge < -0.3 is 19.8 Å².